The van der Waals surface area contributed by atoms with Crippen LogP contribution >= 0.6 is 0 Å². The van der Waals surface area contributed by atoms with Gasteiger partial charge in [-0.25, -0.2) is 0 Å². The molecular weight excluding hydrogens is 182 g/mol. The number of hydrogen-bond acceptors (Lipinski definition) is 5. The Morgan fingerprint density at radius 3 is 3.14 bits per heavy atom. The average Bonchev–Trinajstić information content (AvgIpc) is 2.66. The highest BCUT2D eigenvalue weighted by Gasteiger charge is 2.23. The molecule has 14 heavy (non-hydrogen) atoms. The molecule has 1 fully saturated rings. The minimum absolute atomic E-state index is 0.147. The van der Waals surface area contributed by atoms with E-state index >= 15 is 0 Å². The lowest BCUT2D eigenvalue weighted by atomic mass is 9.98. The zero-order valence-electron chi connectivity index (χ0n) is 8.14. The molecule has 1 aliphatic rings. The van der Waals surface area contributed by atoms with E-state index in [1.54, 1.807) is 0 Å². The molecule has 0 saturated carbocycles. The second-order valence-corrected chi connectivity index (χ2v) is 3.71. The van der Waals surface area contributed by atoms with Gasteiger partial charge >= 0.3 is 0 Å². The second kappa shape index (κ2) is 3.88. The van der Waals surface area contributed by atoms with Crippen molar-refractivity contribution in [2.75, 3.05) is 20.1 Å². The molecule has 0 radical (unpaired) electrons. The summed E-state index contributed by atoms with van der Waals surface area (Å²) in [6, 6.07) is 0. The highest BCUT2D eigenvalue weighted by molar-refractivity contribution is 5.68. The van der Waals surface area contributed by atoms with Crippen LogP contribution in [0.4, 0.5) is 0 Å². The molecule has 1 aromatic rings. The third kappa shape index (κ3) is 1.82. The van der Waals surface area contributed by atoms with Crippen molar-refractivity contribution < 1.29 is 9.32 Å². The highest BCUT2D eigenvalue weighted by atomic mass is 16.5. The summed E-state index contributed by atoms with van der Waals surface area (Å²) in [5.74, 6) is 1.03. The smallest absolute Gasteiger partial charge is 0.235 e. The monoisotopic (exact) mass is 195 g/mol. The Balaban J connectivity index is 2.09. The first-order chi connectivity index (χ1) is 6.79. The fraction of sp³-hybridized carbons (Fsp3) is 0.667. The first kappa shape index (κ1) is 9.33. The summed E-state index contributed by atoms with van der Waals surface area (Å²) in [4.78, 5) is 16.6. The molecule has 0 aliphatic carbocycles. The summed E-state index contributed by atoms with van der Waals surface area (Å²) in [7, 11) is 2.07. The zero-order chi connectivity index (χ0) is 9.97. The molecule has 76 valence electrons. The predicted octanol–water partition coefficient (Wildman–Crippen LogP) is 0.691. The van der Waals surface area contributed by atoms with Gasteiger partial charge in [0.2, 0.25) is 11.7 Å². The van der Waals surface area contributed by atoms with Gasteiger partial charge in [0, 0.05) is 6.54 Å². The molecule has 1 unspecified atom stereocenters. The maximum atomic E-state index is 10.4. The van der Waals surface area contributed by atoms with E-state index in [1.165, 1.54) is 0 Å². The van der Waals surface area contributed by atoms with Crippen LogP contribution in [0.3, 0.4) is 0 Å². The van der Waals surface area contributed by atoms with Crippen molar-refractivity contribution in [1.82, 2.24) is 15.0 Å². The number of nitrogens with zero attached hydrogens (tertiary/aromatic N) is 3. The Morgan fingerprint density at radius 2 is 2.50 bits per heavy atom. The third-order valence-electron chi connectivity index (χ3n) is 2.54. The van der Waals surface area contributed by atoms with Crippen LogP contribution < -0.4 is 0 Å². The van der Waals surface area contributed by atoms with E-state index in [0.717, 1.165) is 25.9 Å². The van der Waals surface area contributed by atoms with E-state index in [9.17, 15) is 4.79 Å². The first-order valence-electron chi connectivity index (χ1n) is 4.77. The van der Waals surface area contributed by atoms with Gasteiger partial charge < -0.3 is 9.42 Å². The van der Waals surface area contributed by atoms with Gasteiger partial charge in [0.15, 0.2) is 6.29 Å². The Bertz CT molecular complexity index is 324. The van der Waals surface area contributed by atoms with Gasteiger partial charge in [0.05, 0.1) is 5.92 Å². The van der Waals surface area contributed by atoms with Gasteiger partial charge in [-0.1, -0.05) is 5.16 Å². The SMILES string of the molecule is CN1CCCC(c2nc(C=O)no2)C1. The van der Waals surface area contributed by atoms with Crippen molar-refractivity contribution in [2.24, 2.45) is 0 Å². The summed E-state index contributed by atoms with van der Waals surface area (Å²) >= 11 is 0. The van der Waals surface area contributed by atoms with Crippen molar-refractivity contribution >= 4 is 6.29 Å². The van der Waals surface area contributed by atoms with Crippen LogP contribution in [0, 0.1) is 0 Å². The molecule has 1 saturated heterocycles. The van der Waals surface area contributed by atoms with Crippen molar-refractivity contribution in [1.29, 1.82) is 0 Å². The van der Waals surface area contributed by atoms with E-state index in [-0.39, 0.29) is 11.7 Å². The number of aldehydes is 1. The van der Waals surface area contributed by atoms with Gasteiger partial charge in [0.25, 0.3) is 0 Å². The van der Waals surface area contributed by atoms with E-state index in [4.69, 9.17) is 4.52 Å². The van der Waals surface area contributed by atoms with Crippen molar-refractivity contribution in [3.63, 3.8) is 0 Å². The van der Waals surface area contributed by atoms with Gasteiger partial charge in [-0.3, -0.25) is 4.79 Å². The topological polar surface area (TPSA) is 59.2 Å². The van der Waals surface area contributed by atoms with E-state index in [1.807, 2.05) is 0 Å². The Hall–Kier alpha value is -1.23. The standard InChI is InChI=1S/C9H13N3O2/c1-12-4-2-3-7(5-12)9-10-8(6-13)11-14-9/h6-7H,2-5H2,1H3. The second-order valence-electron chi connectivity index (χ2n) is 3.71. The molecule has 0 N–H and O–H groups in total. The number of carbonyl (C=O) groups excluding carboxylic acids is 1. The highest BCUT2D eigenvalue weighted by Crippen LogP contribution is 2.24. The van der Waals surface area contributed by atoms with Crippen LogP contribution in [-0.2, 0) is 0 Å². The van der Waals surface area contributed by atoms with Gasteiger partial charge in [-0.2, -0.15) is 4.98 Å². The molecule has 0 amide bonds. The minimum atomic E-state index is 0.147. The van der Waals surface area contributed by atoms with E-state index in [2.05, 4.69) is 22.1 Å². The Labute approximate surface area is 82.1 Å². The zero-order valence-corrected chi connectivity index (χ0v) is 8.14. The summed E-state index contributed by atoms with van der Waals surface area (Å²) < 4.78 is 5.02. The number of rotatable bonds is 2. The number of likely N-dealkylation sites (tertiary alicyclic amines) is 1. The first-order valence-corrected chi connectivity index (χ1v) is 4.77. The molecule has 0 bridgehead atoms. The van der Waals surface area contributed by atoms with Gasteiger partial charge in [0.1, 0.15) is 0 Å². The molecule has 1 aromatic heterocycles. The number of carbonyl (C=O) groups is 1. The van der Waals surface area contributed by atoms with Crippen LogP contribution in [0.2, 0.25) is 0 Å². The van der Waals surface area contributed by atoms with Crippen molar-refractivity contribution in [3.05, 3.63) is 11.7 Å². The lowest BCUT2D eigenvalue weighted by Gasteiger charge is -2.27. The number of hydrogen-bond donors (Lipinski definition) is 0. The normalized spacial score (nSPS) is 23.6. The molecule has 5 heteroatoms. The Morgan fingerprint density at radius 1 is 1.64 bits per heavy atom. The van der Waals surface area contributed by atoms with Crippen LogP contribution in [0.15, 0.2) is 4.52 Å². The van der Waals surface area contributed by atoms with Gasteiger partial charge in [-0.05, 0) is 26.4 Å². The van der Waals surface area contributed by atoms with Crippen LogP contribution in [0.1, 0.15) is 35.3 Å². The fourth-order valence-corrected chi connectivity index (χ4v) is 1.83. The van der Waals surface area contributed by atoms with Gasteiger partial charge in [-0.15, -0.1) is 0 Å². The molecule has 0 spiro atoms. The van der Waals surface area contributed by atoms with Crippen LogP contribution in [0.5, 0.6) is 0 Å². The molecular formula is C9H13N3O2. The lowest BCUT2D eigenvalue weighted by Crippen LogP contribution is -2.30. The number of aromatic nitrogens is 2. The molecule has 2 rings (SSSR count). The minimum Gasteiger partial charge on any atom is -0.339 e. The molecule has 1 atom stereocenters. The number of piperidine rings is 1. The quantitative estimate of drug-likeness (QED) is 0.650. The summed E-state index contributed by atoms with van der Waals surface area (Å²) in [6.45, 7) is 2.05. The Kier molecular flexibility index (Phi) is 2.58. The molecule has 5 nitrogen and oxygen atoms in total. The third-order valence-corrected chi connectivity index (χ3v) is 2.54. The average molecular weight is 195 g/mol. The fourth-order valence-electron chi connectivity index (χ4n) is 1.83. The maximum Gasteiger partial charge on any atom is 0.235 e. The van der Waals surface area contributed by atoms with Crippen molar-refractivity contribution in [3.8, 4) is 0 Å². The molecule has 1 aliphatic heterocycles. The van der Waals surface area contributed by atoms with Crippen LogP contribution in [0.25, 0.3) is 0 Å². The molecule has 2 heterocycles. The predicted molar refractivity (Wildman–Crippen MR) is 49.2 cm³/mol. The summed E-state index contributed by atoms with van der Waals surface area (Å²) in [5.41, 5.74) is 0. The number of likely N-dealkylation sites (N-methyl/N-ethyl adjacent to an activating group) is 1. The summed E-state index contributed by atoms with van der Waals surface area (Å²) in [6.07, 6.45) is 2.81. The van der Waals surface area contributed by atoms with E-state index in [0.29, 0.717) is 12.2 Å². The largest absolute Gasteiger partial charge is 0.339 e. The van der Waals surface area contributed by atoms with Crippen LogP contribution in [-0.4, -0.2) is 41.5 Å². The molecule has 0 aromatic carbocycles. The van der Waals surface area contributed by atoms with Crippen molar-refractivity contribution in [2.45, 2.75) is 18.8 Å². The maximum absolute atomic E-state index is 10.4. The van der Waals surface area contributed by atoms with E-state index < -0.39 is 0 Å². The summed E-state index contributed by atoms with van der Waals surface area (Å²) in [5, 5.41) is 3.56. The lowest BCUT2D eigenvalue weighted by molar-refractivity contribution is 0.111.